The summed E-state index contributed by atoms with van der Waals surface area (Å²) in [6, 6.07) is 7.96. The van der Waals surface area contributed by atoms with Gasteiger partial charge in [0.15, 0.2) is 0 Å². The first-order chi connectivity index (χ1) is 12.8. The molecule has 0 aromatic heterocycles. The smallest absolute Gasteiger partial charge is 0.270 e. The number of nitriles is 1. The summed E-state index contributed by atoms with van der Waals surface area (Å²) in [7, 11) is -3.24. The third kappa shape index (κ3) is 3.59. The lowest BCUT2D eigenvalue weighted by molar-refractivity contribution is 0.173. The summed E-state index contributed by atoms with van der Waals surface area (Å²) in [6.45, 7) is 8.20. The van der Waals surface area contributed by atoms with Crippen molar-refractivity contribution < 1.29 is 8.96 Å². The van der Waals surface area contributed by atoms with Crippen molar-refractivity contribution in [2.45, 2.75) is 83.6 Å². The van der Waals surface area contributed by atoms with E-state index in [4.69, 9.17) is 0 Å². The topological polar surface area (TPSA) is 59.4 Å². The summed E-state index contributed by atoms with van der Waals surface area (Å²) in [5.74, 6) is -0.452. The van der Waals surface area contributed by atoms with Crippen molar-refractivity contribution in [2.24, 2.45) is 0 Å². The van der Waals surface area contributed by atoms with Gasteiger partial charge in [-0.1, -0.05) is 31.0 Å². The van der Waals surface area contributed by atoms with Crippen LogP contribution in [0, 0.1) is 17.1 Å². The van der Waals surface area contributed by atoms with Gasteiger partial charge in [0.2, 0.25) is 0 Å². The monoisotopic (exact) mass is 392 g/mol. The van der Waals surface area contributed by atoms with Gasteiger partial charge in [0, 0.05) is 29.7 Å². The van der Waals surface area contributed by atoms with Crippen molar-refractivity contribution in [3.63, 3.8) is 0 Å². The number of hydrogen-bond acceptors (Lipinski definition) is 2. The average molecular weight is 392 g/mol. The van der Waals surface area contributed by atoms with Crippen LogP contribution in [0.15, 0.2) is 24.3 Å². The Bertz CT molecular complexity index is 735. The van der Waals surface area contributed by atoms with Crippen molar-refractivity contribution in [3.8, 4) is 6.07 Å². The zero-order chi connectivity index (χ0) is 19.8. The normalized spacial score (nSPS) is 26.9. The molecule has 2 aliphatic rings. The molecule has 1 aromatic carbocycles. The molecular formula is C20H30FN4OP. The standard InChI is InChI=1S/C20H30FN4OP/c1-14(2)24-19-11-7-8-12-20(19)25(15(3)4)27(24,26)23-18(13-22)16-9-5-6-10-17(16)21/h5-6,9-10,14-15,18-20H,7-8,11-12H2,1-4H3,(H,23,26)/t18-,19-,20-/m1/s1. The Labute approximate surface area is 162 Å². The number of fused-ring (bicyclic) bond motifs is 1. The van der Waals surface area contributed by atoms with E-state index < -0.39 is 19.5 Å². The predicted octanol–water partition coefficient (Wildman–Crippen LogP) is 4.83. The van der Waals surface area contributed by atoms with E-state index in [1.165, 1.54) is 6.07 Å². The van der Waals surface area contributed by atoms with Crippen LogP contribution in [-0.4, -0.2) is 33.5 Å². The van der Waals surface area contributed by atoms with E-state index in [1.807, 2.05) is 27.7 Å². The minimum Gasteiger partial charge on any atom is -0.270 e. The third-order valence-corrected chi connectivity index (χ3v) is 9.06. The average Bonchev–Trinajstić information content (AvgIpc) is 2.88. The maximum atomic E-state index is 14.4. The number of hydrogen-bond donors (Lipinski definition) is 1. The molecule has 1 N–H and O–H groups in total. The molecule has 0 unspecified atom stereocenters. The van der Waals surface area contributed by atoms with Gasteiger partial charge in [-0.25, -0.2) is 18.8 Å². The molecule has 1 aliphatic heterocycles. The van der Waals surface area contributed by atoms with Crippen molar-refractivity contribution in [1.82, 2.24) is 14.4 Å². The highest BCUT2D eigenvalue weighted by atomic mass is 31.2. The van der Waals surface area contributed by atoms with E-state index in [0.717, 1.165) is 25.7 Å². The zero-order valence-electron chi connectivity index (χ0n) is 16.6. The Morgan fingerprint density at radius 1 is 1.11 bits per heavy atom. The fraction of sp³-hybridized carbons (Fsp3) is 0.650. The van der Waals surface area contributed by atoms with Gasteiger partial charge in [-0.2, -0.15) is 5.26 Å². The van der Waals surface area contributed by atoms with E-state index in [0.29, 0.717) is 0 Å². The predicted molar refractivity (Wildman–Crippen MR) is 105 cm³/mol. The summed E-state index contributed by atoms with van der Waals surface area (Å²) in [6.07, 6.45) is 4.28. The van der Waals surface area contributed by atoms with Gasteiger partial charge in [0.25, 0.3) is 7.59 Å². The van der Waals surface area contributed by atoms with Crippen LogP contribution in [0.4, 0.5) is 4.39 Å². The van der Waals surface area contributed by atoms with Gasteiger partial charge in [0.05, 0.1) is 6.07 Å². The van der Waals surface area contributed by atoms with Gasteiger partial charge in [-0.05, 0) is 46.6 Å². The number of halogens is 1. The molecular weight excluding hydrogens is 362 g/mol. The van der Waals surface area contributed by atoms with Gasteiger partial charge in [-0.3, -0.25) is 4.57 Å². The molecule has 1 saturated heterocycles. The molecule has 0 bridgehead atoms. The SMILES string of the molecule is CC(C)N1[C@@H]2CCCC[C@H]2N(C(C)C)P1(=O)N[C@H](C#N)c1ccccc1F. The van der Waals surface area contributed by atoms with Crippen molar-refractivity contribution in [2.75, 3.05) is 0 Å². The van der Waals surface area contributed by atoms with E-state index in [-0.39, 0.29) is 29.7 Å². The Kier molecular flexibility index (Phi) is 6.08. The Morgan fingerprint density at radius 2 is 1.63 bits per heavy atom. The lowest BCUT2D eigenvalue weighted by atomic mass is 9.89. The Morgan fingerprint density at radius 3 is 2.07 bits per heavy atom. The van der Waals surface area contributed by atoms with E-state index in [2.05, 4.69) is 20.5 Å². The summed E-state index contributed by atoms with van der Waals surface area (Å²) in [5.41, 5.74) is 0.248. The van der Waals surface area contributed by atoms with Gasteiger partial charge < -0.3 is 0 Å². The quantitative estimate of drug-likeness (QED) is 0.727. The molecule has 5 nitrogen and oxygen atoms in total. The molecule has 27 heavy (non-hydrogen) atoms. The third-order valence-electron chi connectivity index (χ3n) is 5.70. The molecule has 1 aromatic rings. The maximum absolute atomic E-state index is 14.4. The second-order valence-electron chi connectivity index (χ2n) is 8.12. The van der Waals surface area contributed by atoms with E-state index in [9.17, 15) is 14.2 Å². The fourth-order valence-corrected chi connectivity index (χ4v) is 8.43. The Balaban J connectivity index is 2.04. The lowest BCUT2D eigenvalue weighted by Gasteiger charge is -2.37. The van der Waals surface area contributed by atoms with Crippen molar-refractivity contribution >= 4 is 7.59 Å². The second kappa shape index (κ2) is 8.01. The summed E-state index contributed by atoms with van der Waals surface area (Å²) >= 11 is 0. The summed E-state index contributed by atoms with van der Waals surface area (Å²) < 4.78 is 32.9. The highest BCUT2D eigenvalue weighted by Gasteiger charge is 2.57. The first kappa shape index (κ1) is 20.5. The number of nitrogens with one attached hydrogen (secondary N) is 1. The molecule has 0 radical (unpaired) electrons. The maximum Gasteiger partial charge on any atom is 0.286 e. The van der Waals surface area contributed by atoms with E-state index in [1.54, 1.807) is 18.2 Å². The van der Waals surface area contributed by atoms with Crippen LogP contribution in [0.3, 0.4) is 0 Å². The molecule has 3 atom stereocenters. The van der Waals surface area contributed by atoms with Crippen LogP contribution in [0.2, 0.25) is 0 Å². The molecule has 1 aliphatic carbocycles. The van der Waals surface area contributed by atoms with Crippen LogP contribution in [0.5, 0.6) is 0 Å². The molecule has 3 rings (SSSR count). The molecule has 0 spiro atoms. The summed E-state index contributed by atoms with van der Waals surface area (Å²) in [4.78, 5) is 0. The first-order valence-corrected chi connectivity index (χ1v) is 11.5. The highest BCUT2D eigenvalue weighted by Crippen LogP contribution is 2.63. The van der Waals surface area contributed by atoms with Gasteiger partial charge in [0.1, 0.15) is 11.9 Å². The lowest BCUT2D eigenvalue weighted by Crippen LogP contribution is -2.43. The van der Waals surface area contributed by atoms with E-state index >= 15 is 0 Å². The van der Waals surface area contributed by atoms with Crippen molar-refractivity contribution in [1.29, 1.82) is 5.26 Å². The molecule has 7 heteroatoms. The molecule has 2 fully saturated rings. The zero-order valence-corrected chi connectivity index (χ0v) is 17.5. The number of nitrogens with zero attached hydrogens (tertiary/aromatic N) is 3. The van der Waals surface area contributed by atoms with Crippen LogP contribution in [-0.2, 0) is 4.57 Å². The van der Waals surface area contributed by atoms with Crippen molar-refractivity contribution in [3.05, 3.63) is 35.6 Å². The first-order valence-electron chi connectivity index (χ1n) is 9.90. The molecule has 0 amide bonds. The van der Waals surface area contributed by atoms with Crippen LogP contribution in [0.1, 0.15) is 65.0 Å². The number of benzene rings is 1. The molecule has 148 valence electrons. The minimum atomic E-state index is -3.24. The van der Waals surface area contributed by atoms with Crippen LogP contribution < -0.4 is 5.09 Å². The minimum absolute atomic E-state index is 0.0673. The number of rotatable bonds is 5. The van der Waals surface area contributed by atoms with Crippen LogP contribution >= 0.6 is 7.59 Å². The molecule has 1 heterocycles. The summed E-state index contributed by atoms with van der Waals surface area (Å²) in [5, 5.41) is 12.9. The largest absolute Gasteiger partial charge is 0.286 e. The van der Waals surface area contributed by atoms with Gasteiger partial charge in [-0.15, -0.1) is 0 Å². The Hall–Kier alpha value is -1.25. The second-order valence-corrected chi connectivity index (χ2v) is 10.4. The fourth-order valence-electron chi connectivity index (χ4n) is 4.80. The highest BCUT2D eigenvalue weighted by molar-refractivity contribution is 7.57. The van der Waals surface area contributed by atoms with Gasteiger partial charge >= 0.3 is 0 Å². The van der Waals surface area contributed by atoms with Crippen LogP contribution in [0.25, 0.3) is 0 Å². The molecule has 1 saturated carbocycles.